The number of methoxy groups -OCH3 is 2. The lowest BCUT2D eigenvalue weighted by Crippen LogP contribution is -2.53. The molecule has 0 heterocycles. The summed E-state index contributed by atoms with van der Waals surface area (Å²) in [7, 11) is -1.42. The average Bonchev–Trinajstić information content (AvgIpc) is 3.08. The monoisotopic (exact) mass is 721 g/mol. The van der Waals surface area contributed by atoms with E-state index in [9.17, 15) is 18.0 Å². The normalized spacial score (nSPS) is 11.8. The molecule has 2 amide bonds. The second kappa shape index (κ2) is 16.5. The zero-order valence-electron chi connectivity index (χ0n) is 27.0. The Morgan fingerprint density at radius 2 is 1.51 bits per heavy atom. The van der Waals surface area contributed by atoms with Crippen molar-refractivity contribution in [3.8, 4) is 11.5 Å². The van der Waals surface area contributed by atoms with Gasteiger partial charge in [0.05, 0.1) is 24.8 Å². The third kappa shape index (κ3) is 9.14. The van der Waals surface area contributed by atoms with E-state index in [1.807, 2.05) is 68.4 Å². The maximum atomic E-state index is 14.6. The summed E-state index contributed by atoms with van der Waals surface area (Å²) in [6.07, 6.45) is 0.959. The summed E-state index contributed by atoms with van der Waals surface area (Å²) in [5.41, 5.74) is 2.88. The molecule has 4 aromatic carbocycles. The molecule has 0 aliphatic carbocycles. The zero-order valence-corrected chi connectivity index (χ0v) is 29.4. The molecule has 0 bridgehead atoms. The fourth-order valence-electron chi connectivity index (χ4n) is 5.05. The Labute approximate surface area is 285 Å². The molecule has 0 spiro atoms. The lowest BCUT2D eigenvalue weighted by Gasteiger charge is -2.34. The largest absolute Gasteiger partial charge is 0.493 e. The number of nitrogens with zero attached hydrogens (tertiary/aromatic N) is 2. The minimum atomic E-state index is -4.31. The van der Waals surface area contributed by atoms with Crippen molar-refractivity contribution in [2.75, 3.05) is 31.6 Å². The Balaban J connectivity index is 1.81. The Bertz CT molecular complexity index is 1750. The maximum Gasteiger partial charge on any atom is 0.264 e. The molecule has 47 heavy (non-hydrogen) atoms. The van der Waals surface area contributed by atoms with E-state index in [1.165, 1.54) is 37.3 Å². The first-order valence-electron chi connectivity index (χ1n) is 15.2. The number of hydrogen-bond acceptors (Lipinski definition) is 6. The lowest BCUT2D eigenvalue weighted by molar-refractivity contribution is -0.140. The third-order valence-corrected chi connectivity index (χ3v) is 9.93. The molecule has 1 atom stereocenters. The molecule has 0 aromatic heterocycles. The van der Waals surface area contributed by atoms with Crippen molar-refractivity contribution < 1.29 is 27.5 Å². The van der Waals surface area contributed by atoms with Gasteiger partial charge in [0.1, 0.15) is 12.6 Å². The molecule has 0 radical (unpaired) electrons. The van der Waals surface area contributed by atoms with E-state index in [0.717, 1.165) is 31.9 Å². The van der Waals surface area contributed by atoms with Gasteiger partial charge in [0.15, 0.2) is 11.5 Å². The van der Waals surface area contributed by atoms with Gasteiger partial charge in [-0.25, -0.2) is 8.42 Å². The van der Waals surface area contributed by atoms with Crippen molar-refractivity contribution in [1.29, 1.82) is 0 Å². The standard InChI is InChI=1S/C36H40BrN3O6S/c1-5-21-38-36(42)32(22-27-9-7-6-8-10-27)39(24-28-13-15-29(37)16-14-28)35(41)25-40(30-17-11-26(2)12-18-30)47(43,44)31-19-20-33(45-3)34(23-31)46-4/h6-20,23,32H,5,21-22,24-25H2,1-4H3,(H,38,42)/t32-/m0/s1. The Hall–Kier alpha value is -4.35. The number of ether oxygens (including phenoxy) is 2. The van der Waals surface area contributed by atoms with Crippen molar-refractivity contribution >= 4 is 43.5 Å². The number of carbonyl (C=O) groups excluding carboxylic acids is 2. The number of amides is 2. The fraction of sp³-hybridized carbons (Fsp3) is 0.278. The van der Waals surface area contributed by atoms with Gasteiger partial charge in [0.2, 0.25) is 11.8 Å². The molecule has 0 unspecified atom stereocenters. The molecule has 4 aromatic rings. The van der Waals surface area contributed by atoms with E-state index >= 15 is 0 Å². The van der Waals surface area contributed by atoms with Crippen LogP contribution < -0.4 is 19.1 Å². The van der Waals surface area contributed by atoms with Crippen LogP contribution in [0.4, 0.5) is 5.69 Å². The molecule has 11 heteroatoms. The van der Waals surface area contributed by atoms with Gasteiger partial charge < -0.3 is 19.7 Å². The molecule has 248 valence electrons. The number of rotatable bonds is 15. The molecule has 0 saturated carbocycles. The predicted octanol–water partition coefficient (Wildman–Crippen LogP) is 6.14. The zero-order chi connectivity index (χ0) is 34.0. The second-order valence-corrected chi connectivity index (χ2v) is 13.8. The van der Waals surface area contributed by atoms with Crippen LogP contribution in [-0.2, 0) is 32.6 Å². The first-order valence-corrected chi connectivity index (χ1v) is 17.5. The van der Waals surface area contributed by atoms with Crippen LogP contribution in [0.5, 0.6) is 11.5 Å². The van der Waals surface area contributed by atoms with Gasteiger partial charge in [-0.3, -0.25) is 13.9 Å². The summed E-state index contributed by atoms with van der Waals surface area (Å²) in [5, 5.41) is 2.96. The lowest BCUT2D eigenvalue weighted by atomic mass is 10.0. The van der Waals surface area contributed by atoms with Crippen LogP contribution >= 0.6 is 15.9 Å². The summed E-state index contributed by atoms with van der Waals surface area (Å²) >= 11 is 3.46. The summed E-state index contributed by atoms with van der Waals surface area (Å²) < 4.78 is 41.3. The van der Waals surface area contributed by atoms with Gasteiger partial charge in [0, 0.05) is 30.0 Å². The number of carbonyl (C=O) groups is 2. The molecule has 4 rings (SSSR count). The summed E-state index contributed by atoms with van der Waals surface area (Å²) in [4.78, 5) is 29.7. The highest BCUT2D eigenvalue weighted by atomic mass is 79.9. The number of benzene rings is 4. The second-order valence-electron chi connectivity index (χ2n) is 11.0. The van der Waals surface area contributed by atoms with E-state index < -0.39 is 28.5 Å². The van der Waals surface area contributed by atoms with E-state index in [4.69, 9.17) is 9.47 Å². The number of sulfonamides is 1. The topological polar surface area (TPSA) is 105 Å². The Kier molecular flexibility index (Phi) is 12.4. The molecule has 0 saturated heterocycles. The highest BCUT2D eigenvalue weighted by molar-refractivity contribution is 9.10. The van der Waals surface area contributed by atoms with E-state index in [2.05, 4.69) is 21.2 Å². The van der Waals surface area contributed by atoms with Gasteiger partial charge in [-0.1, -0.05) is 83.0 Å². The minimum absolute atomic E-state index is 0.0792. The number of nitrogens with one attached hydrogen (secondary N) is 1. The predicted molar refractivity (Wildman–Crippen MR) is 187 cm³/mol. The van der Waals surface area contributed by atoms with Gasteiger partial charge >= 0.3 is 0 Å². The first-order chi connectivity index (χ1) is 22.6. The highest BCUT2D eigenvalue weighted by Gasteiger charge is 2.35. The smallest absolute Gasteiger partial charge is 0.264 e. The quantitative estimate of drug-likeness (QED) is 0.158. The van der Waals surface area contributed by atoms with E-state index in [1.54, 1.807) is 24.3 Å². The van der Waals surface area contributed by atoms with Gasteiger partial charge in [0.25, 0.3) is 10.0 Å². The van der Waals surface area contributed by atoms with Gasteiger partial charge in [-0.15, -0.1) is 0 Å². The van der Waals surface area contributed by atoms with Crippen molar-refractivity contribution in [1.82, 2.24) is 10.2 Å². The fourth-order valence-corrected chi connectivity index (χ4v) is 6.74. The number of aryl methyl sites for hydroxylation is 1. The van der Waals surface area contributed by atoms with E-state index in [-0.39, 0.29) is 29.5 Å². The van der Waals surface area contributed by atoms with Crippen molar-refractivity contribution in [2.45, 2.75) is 44.2 Å². The van der Waals surface area contributed by atoms with Crippen LogP contribution in [0.3, 0.4) is 0 Å². The van der Waals surface area contributed by atoms with Gasteiger partial charge in [-0.05, 0) is 60.9 Å². The highest BCUT2D eigenvalue weighted by Crippen LogP contribution is 2.32. The molecular formula is C36H40BrN3O6S. The molecule has 1 N–H and O–H groups in total. The Morgan fingerprint density at radius 3 is 2.13 bits per heavy atom. The summed E-state index contributed by atoms with van der Waals surface area (Å²) in [6.45, 7) is 3.82. The molecule has 9 nitrogen and oxygen atoms in total. The van der Waals surface area contributed by atoms with Crippen LogP contribution in [0.1, 0.15) is 30.0 Å². The maximum absolute atomic E-state index is 14.6. The van der Waals surface area contributed by atoms with Crippen molar-refractivity contribution in [3.63, 3.8) is 0 Å². The molecule has 0 fully saturated rings. The van der Waals surface area contributed by atoms with Crippen molar-refractivity contribution in [2.24, 2.45) is 0 Å². The molecular weight excluding hydrogens is 682 g/mol. The number of anilines is 1. The van der Waals surface area contributed by atoms with Gasteiger partial charge in [-0.2, -0.15) is 0 Å². The van der Waals surface area contributed by atoms with Crippen LogP contribution in [-0.4, -0.2) is 58.5 Å². The van der Waals surface area contributed by atoms with Crippen LogP contribution in [0.2, 0.25) is 0 Å². The number of hydrogen-bond donors (Lipinski definition) is 1. The third-order valence-electron chi connectivity index (χ3n) is 7.63. The minimum Gasteiger partial charge on any atom is -0.493 e. The van der Waals surface area contributed by atoms with Crippen LogP contribution in [0, 0.1) is 6.92 Å². The SMILES string of the molecule is CCCNC(=O)[C@H](Cc1ccccc1)N(Cc1ccc(Br)cc1)C(=O)CN(c1ccc(C)cc1)S(=O)(=O)c1ccc(OC)c(OC)c1. The van der Waals surface area contributed by atoms with Crippen LogP contribution in [0.25, 0.3) is 0 Å². The Morgan fingerprint density at radius 1 is 0.851 bits per heavy atom. The van der Waals surface area contributed by atoms with E-state index in [0.29, 0.717) is 18.0 Å². The summed E-state index contributed by atoms with van der Waals surface area (Å²) in [6, 6.07) is 27.2. The van der Waals surface area contributed by atoms with Crippen LogP contribution in [0.15, 0.2) is 106 Å². The number of halogens is 1. The average molecular weight is 723 g/mol. The molecule has 0 aliphatic heterocycles. The first kappa shape index (κ1) is 35.5. The molecule has 0 aliphatic rings. The summed E-state index contributed by atoms with van der Waals surface area (Å²) in [5.74, 6) is -0.251. The van der Waals surface area contributed by atoms with Crippen molar-refractivity contribution in [3.05, 3.63) is 118 Å².